The SMILES string of the molecule is COc1ccc(-c2ccc(S(=O)(=O)c3ccc(-c4ccc(OC)c(C)c4)cc3)cc2)cc1C. The Morgan fingerprint density at radius 2 is 0.848 bits per heavy atom. The number of aryl methyl sites for hydroxylation is 2. The Balaban J connectivity index is 1.59. The van der Waals surface area contributed by atoms with Gasteiger partial charge in [0.25, 0.3) is 0 Å². The molecule has 5 heteroatoms. The first-order valence-electron chi connectivity index (χ1n) is 10.6. The van der Waals surface area contributed by atoms with Gasteiger partial charge >= 0.3 is 0 Å². The molecule has 0 radical (unpaired) electrons. The lowest BCUT2D eigenvalue weighted by molar-refractivity contribution is 0.411. The van der Waals surface area contributed by atoms with E-state index in [0.29, 0.717) is 0 Å². The zero-order chi connectivity index (χ0) is 23.6. The van der Waals surface area contributed by atoms with Crippen molar-refractivity contribution < 1.29 is 17.9 Å². The van der Waals surface area contributed by atoms with E-state index in [4.69, 9.17) is 9.47 Å². The average Bonchev–Trinajstić information content (AvgIpc) is 2.84. The molecular formula is C28H26O4S. The number of sulfone groups is 1. The van der Waals surface area contributed by atoms with Gasteiger partial charge in [0, 0.05) is 0 Å². The lowest BCUT2D eigenvalue weighted by atomic mass is 10.0. The largest absolute Gasteiger partial charge is 0.496 e. The second-order valence-electron chi connectivity index (χ2n) is 7.92. The normalized spacial score (nSPS) is 11.3. The molecule has 0 aliphatic carbocycles. The van der Waals surface area contributed by atoms with Crippen LogP contribution in [0, 0.1) is 13.8 Å². The van der Waals surface area contributed by atoms with Gasteiger partial charge in [0.1, 0.15) is 11.5 Å². The lowest BCUT2D eigenvalue weighted by Crippen LogP contribution is -2.01. The maximum Gasteiger partial charge on any atom is 0.206 e. The standard InChI is InChI=1S/C28H26O4S/c1-19-17-23(9-15-27(19)31-3)21-5-11-25(12-6-21)33(29,30)26-13-7-22(8-14-26)24-10-16-28(32-4)20(2)18-24/h5-18H,1-4H3. The summed E-state index contributed by atoms with van der Waals surface area (Å²) in [5, 5.41) is 0. The summed E-state index contributed by atoms with van der Waals surface area (Å²) in [6, 6.07) is 25.8. The van der Waals surface area contributed by atoms with Gasteiger partial charge in [0.05, 0.1) is 24.0 Å². The summed E-state index contributed by atoms with van der Waals surface area (Å²) >= 11 is 0. The average molecular weight is 459 g/mol. The van der Waals surface area contributed by atoms with Gasteiger partial charge in [-0.1, -0.05) is 36.4 Å². The van der Waals surface area contributed by atoms with E-state index >= 15 is 0 Å². The second kappa shape index (κ2) is 9.12. The first-order valence-corrected chi connectivity index (χ1v) is 12.1. The van der Waals surface area contributed by atoms with Crippen LogP contribution in [0.5, 0.6) is 11.5 Å². The molecule has 0 saturated heterocycles. The summed E-state index contributed by atoms with van der Waals surface area (Å²) in [5.41, 5.74) is 5.97. The summed E-state index contributed by atoms with van der Waals surface area (Å²) in [4.78, 5) is 0.536. The van der Waals surface area contributed by atoms with Crippen molar-refractivity contribution in [2.45, 2.75) is 23.6 Å². The fourth-order valence-electron chi connectivity index (χ4n) is 3.91. The fraction of sp³-hybridized carbons (Fsp3) is 0.143. The van der Waals surface area contributed by atoms with Crippen LogP contribution < -0.4 is 9.47 Å². The van der Waals surface area contributed by atoms with Crippen molar-refractivity contribution in [1.29, 1.82) is 0 Å². The quantitative estimate of drug-likeness (QED) is 0.331. The molecular weight excluding hydrogens is 432 g/mol. The zero-order valence-corrected chi connectivity index (χ0v) is 19.9. The summed E-state index contributed by atoms with van der Waals surface area (Å²) in [6.45, 7) is 3.97. The van der Waals surface area contributed by atoms with E-state index in [0.717, 1.165) is 44.9 Å². The molecule has 0 N–H and O–H groups in total. The maximum atomic E-state index is 13.2. The molecule has 168 valence electrons. The molecule has 4 aromatic carbocycles. The highest BCUT2D eigenvalue weighted by molar-refractivity contribution is 7.91. The van der Waals surface area contributed by atoms with Crippen molar-refractivity contribution in [2.24, 2.45) is 0 Å². The van der Waals surface area contributed by atoms with Gasteiger partial charge < -0.3 is 9.47 Å². The minimum atomic E-state index is -3.61. The van der Waals surface area contributed by atoms with E-state index in [1.165, 1.54) is 0 Å². The van der Waals surface area contributed by atoms with E-state index in [1.54, 1.807) is 38.5 Å². The third-order valence-corrected chi connectivity index (χ3v) is 7.57. The summed E-state index contributed by atoms with van der Waals surface area (Å²) in [6.07, 6.45) is 0. The van der Waals surface area contributed by atoms with Gasteiger partial charge in [-0.05, 0) is 95.8 Å². The van der Waals surface area contributed by atoms with Gasteiger partial charge in [-0.25, -0.2) is 8.42 Å². The molecule has 0 fully saturated rings. The molecule has 0 heterocycles. The van der Waals surface area contributed by atoms with Crippen LogP contribution in [0.2, 0.25) is 0 Å². The highest BCUT2D eigenvalue weighted by Gasteiger charge is 2.18. The molecule has 33 heavy (non-hydrogen) atoms. The smallest absolute Gasteiger partial charge is 0.206 e. The zero-order valence-electron chi connectivity index (χ0n) is 19.1. The van der Waals surface area contributed by atoms with Crippen LogP contribution in [0.4, 0.5) is 0 Å². The van der Waals surface area contributed by atoms with E-state index in [2.05, 4.69) is 0 Å². The first kappa shape index (κ1) is 22.6. The molecule has 0 aromatic heterocycles. The molecule has 0 saturated carbocycles. The molecule has 0 aliphatic heterocycles. The monoisotopic (exact) mass is 458 g/mol. The van der Waals surface area contributed by atoms with Gasteiger partial charge in [-0.15, -0.1) is 0 Å². The number of methoxy groups -OCH3 is 2. The van der Waals surface area contributed by atoms with Crippen molar-refractivity contribution in [3.63, 3.8) is 0 Å². The topological polar surface area (TPSA) is 52.6 Å². The van der Waals surface area contributed by atoms with Crippen LogP contribution in [0.3, 0.4) is 0 Å². The third kappa shape index (κ3) is 4.50. The Hall–Kier alpha value is -3.57. The van der Waals surface area contributed by atoms with Gasteiger partial charge in [0.15, 0.2) is 0 Å². The molecule has 4 nitrogen and oxygen atoms in total. The first-order chi connectivity index (χ1) is 15.8. The van der Waals surface area contributed by atoms with E-state index < -0.39 is 9.84 Å². The molecule has 0 unspecified atom stereocenters. The predicted molar refractivity (Wildman–Crippen MR) is 132 cm³/mol. The van der Waals surface area contributed by atoms with Crippen molar-refractivity contribution >= 4 is 9.84 Å². The van der Waals surface area contributed by atoms with Crippen LogP contribution in [0.25, 0.3) is 22.3 Å². The Labute approximate surface area is 195 Å². The highest BCUT2D eigenvalue weighted by Crippen LogP contribution is 2.30. The van der Waals surface area contributed by atoms with Crippen molar-refractivity contribution in [1.82, 2.24) is 0 Å². The lowest BCUT2D eigenvalue weighted by Gasteiger charge is -2.10. The van der Waals surface area contributed by atoms with Crippen LogP contribution in [0.1, 0.15) is 11.1 Å². The third-order valence-electron chi connectivity index (χ3n) is 5.79. The van der Waals surface area contributed by atoms with E-state index in [9.17, 15) is 8.42 Å². The number of hydrogen-bond donors (Lipinski definition) is 0. The van der Waals surface area contributed by atoms with E-state index in [-0.39, 0.29) is 9.79 Å². The Morgan fingerprint density at radius 3 is 1.15 bits per heavy atom. The maximum absolute atomic E-state index is 13.2. The summed E-state index contributed by atoms with van der Waals surface area (Å²) in [5.74, 6) is 1.65. The minimum Gasteiger partial charge on any atom is -0.496 e. The van der Waals surface area contributed by atoms with Crippen molar-refractivity contribution in [3.8, 4) is 33.8 Å². The molecule has 0 spiro atoms. The number of benzene rings is 4. The van der Waals surface area contributed by atoms with Gasteiger partial charge in [0.2, 0.25) is 9.84 Å². The molecule has 0 amide bonds. The molecule has 4 aromatic rings. The Morgan fingerprint density at radius 1 is 0.515 bits per heavy atom. The number of rotatable bonds is 6. The van der Waals surface area contributed by atoms with Gasteiger partial charge in [-0.3, -0.25) is 0 Å². The van der Waals surface area contributed by atoms with Crippen LogP contribution in [0.15, 0.2) is 94.7 Å². The van der Waals surface area contributed by atoms with Crippen LogP contribution >= 0.6 is 0 Å². The summed E-state index contributed by atoms with van der Waals surface area (Å²) < 4.78 is 37.0. The second-order valence-corrected chi connectivity index (χ2v) is 9.87. The number of ether oxygens (including phenoxy) is 2. The van der Waals surface area contributed by atoms with Crippen LogP contribution in [-0.4, -0.2) is 22.6 Å². The number of hydrogen-bond acceptors (Lipinski definition) is 4. The Kier molecular flexibility index (Phi) is 6.25. The fourth-order valence-corrected chi connectivity index (χ4v) is 5.17. The Bertz CT molecular complexity index is 1280. The van der Waals surface area contributed by atoms with Crippen LogP contribution in [-0.2, 0) is 9.84 Å². The molecule has 0 atom stereocenters. The van der Waals surface area contributed by atoms with Crippen molar-refractivity contribution in [3.05, 3.63) is 96.1 Å². The van der Waals surface area contributed by atoms with Gasteiger partial charge in [-0.2, -0.15) is 0 Å². The highest BCUT2D eigenvalue weighted by atomic mass is 32.2. The summed E-state index contributed by atoms with van der Waals surface area (Å²) in [7, 11) is -0.324. The van der Waals surface area contributed by atoms with Crippen molar-refractivity contribution in [2.75, 3.05) is 14.2 Å². The minimum absolute atomic E-state index is 0.268. The molecule has 4 rings (SSSR count). The molecule has 0 aliphatic rings. The molecule has 0 bridgehead atoms. The van der Waals surface area contributed by atoms with E-state index in [1.807, 2.05) is 74.5 Å². The predicted octanol–water partition coefficient (Wildman–Crippen LogP) is 6.49.